The molecule has 0 amide bonds. The van der Waals surface area contributed by atoms with Crippen LogP contribution in [0.3, 0.4) is 0 Å². The van der Waals surface area contributed by atoms with Crippen molar-refractivity contribution in [2.24, 2.45) is 5.73 Å². The van der Waals surface area contributed by atoms with Crippen molar-refractivity contribution in [3.05, 3.63) is 30.4 Å². The third-order valence-electron chi connectivity index (χ3n) is 3.38. The lowest BCUT2D eigenvalue weighted by molar-refractivity contribution is 0.182. The summed E-state index contributed by atoms with van der Waals surface area (Å²) in [6.07, 6.45) is 3.59. The molecule has 6 nitrogen and oxygen atoms in total. The van der Waals surface area contributed by atoms with Gasteiger partial charge in [-0.25, -0.2) is 0 Å². The van der Waals surface area contributed by atoms with Crippen LogP contribution in [0.15, 0.2) is 24.5 Å². The van der Waals surface area contributed by atoms with E-state index in [1.165, 1.54) is 0 Å². The quantitative estimate of drug-likeness (QED) is 0.925. The number of rotatable bonds is 3. The van der Waals surface area contributed by atoms with Gasteiger partial charge in [-0.1, -0.05) is 0 Å². The molecule has 1 aliphatic heterocycles. The van der Waals surface area contributed by atoms with Gasteiger partial charge in [-0.05, 0) is 26.0 Å². The lowest BCUT2D eigenvalue weighted by Gasteiger charge is -2.32. The van der Waals surface area contributed by atoms with Crippen molar-refractivity contribution in [2.45, 2.75) is 32.5 Å². The Morgan fingerprint density at radius 3 is 2.76 bits per heavy atom. The summed E-state index contributed by atoms with van der Waals surface area (Å²) in [5.41, 5.74) is 6.92. The summed E-state index contributed by atoms with van der Waals surface area (Å²) in [7, 11) is 0. The molecule has 7 heteroatoms. The zero-order chi connectivity index (χ0) is 14.2. The van der Waals surface area contributed by atoms with Gasteiger partial charge in [-0.3, -0.25) is 9.88 Å². The standard InChI is InChI=1S/C14H20N6.ClH/c1-14(2,15)10-19-6-7-20-12(9-19)17-18-13(20)11-4-3-5-16-8-11;/h3-5,8H,6-7,9-10,15H2,1-2H3;1H. The second-order valence-corrected chi connectivity index (χ2v) is 6.03. The predicted molar refractivity (Wildman–Crippen MR) is 84.0 cm³/mol. The number of pyridine rings is 1. The van der Waals surface area contributed by atoms with E-state index < -0.39 is 0 Å². The Balaban J connectivity index is 0.00000161. The fourth-order valence-corrected chi connectivity index (χ4v) is 2.63. The highest BCUT2D eigenvalue weighted by Crippen LogP contribution is 2.21. The van der Waals surface area contributed by atoms with Gasteiger partial charge in [0, 0.05) is 43.1 Å². The maximum Gasteiger partial charge on any atom is 0.165 e. The summed E-state index contributed by atoms with van der Waals surface area (Å²) < 4.78 is 2.18. The highest BCUT2D eigenvalue weighted by atomic mass is 35.5. The molecule has 2 aromatic heterocycles. The maximum atomic E-state index is 6.09. The SMILES string of the molecule is CC(C)(N)CN1CCn2c(nnc2-c2cccnc2)C1.Cl. The number of nitrogens with two attached hydrogens (primary N) is 1. The van der Waals surface area contributed by atoms with E-state index in [1.807, 2.05) is 32.2 Å². The summed E-state index contributed by atoms with van der Waals surface area (Å²) in [6.45, 7) is 7.62. The van der Waals surface area contributed by atoms with Gasteiger partial charge in [0.05, 0.1) is 6.54 Å². The number of fused-ring (bicyclic) bond motifs is 1. The molecule has 0 saturated heterocycles. The molecule has 0 unspecified atom stereocenters. The third-order valence-corrected chi connectivity index (χ3v) is 3.38. The van der Waals surface area contributed by atoms with Crippen molar-refractivity contribution in [3.8, 4) is 11.4 Å². The van der Waals surface area contributed by atoms with Gasteiger partial charge >= 0.3 is 0 Å². The first-order chi connectivity index (χ1) is 9.53. The van der Waals surface area contributed by atoms with Crippen LogP contribution >= 0.6 is 12.4 Å². The van der Waals surface area contributed by atoms with Crippen molar-refractivity contribution in [1.29, 1.82) is 0 Å². The monoisotopic (exact) mass is 308 g/mol. The van der Waals surface area contributed by atoms with Crippen molar-refractivity contribution >= 4 is 12.4 Å². The molecule has 0 bridgehead atoms. The van der Waals surface area contributed by atoms with Gasteiger partial charge in [0.2, 0.25) is 0 Å². The Morgan fingerprint density at radius 2 is 2.10 bits per heavy atom. The first kappa shape index (κ1) is 15.9. The number of nitrogens with zero attached hydrogens (tertiary/aromatic N) is 5. The molecule has 2 aromatic rings. The fourth-order valence-electron chi connectivity index (χ4n) is 2.63. The molecule has 0 aliphatic carbocycles. The zero-order valence-electron chi connectivity index (χ0n) is 12.4. The Morgan fingerprint density at radius 1 is 1.29 bits per heavy atom. The van der Waals surface area contributed by atoms with Crippen LogP contribution in [0.1, 0.15) is 19.7 Å². The average Bonchev–Trinajstić information content (AvgIpc) is 2.81. The summed E-state index contributed by atoms with van der Waals surface area (Å²) in [5.74, 6) is 1.90. The minimum Gasteiger partial charge on any atom is -0.324 e. The van der Waals surface area contributed by atoms with Gasteiger partial charge in [-0.15, -0.1) is 22.6 Å². The smallest absolute Gasteiger partial charge is 0.165 e. The highest BCUT2D eigenvalue weighted by Gasteiger charge is 2.24. The molecule has 0 atom stereocenters. The van der Waals surface area contributed by atoms with Crippen LogP contribution in [0.2, 0.25) is 0 Å². The van der Waals surface area contributed by atoms with Gasteiger partial charge < -0.3 is 10.3 Å². The van der Waals surface area contributed by atoms with E-state index in [2.05, 4.69) is 24.6 Å². The van der Waals surface area contributed by atoms with Gasteiger partial charge in [0.25, 0.3) is 0 Å². The molecule has 1 aliphatic rings. The number of hydrogen-bond acceptors (Lipinski definition) is 5. The first-order valence-electron chi connectivity index (χ1n) is 6.87. The summed E-state index contributed by atoms with van der Waals surface area (Å²) in [6, 6.07) is 3.93. The van der Waals surface area contributed by atoms with Gasteiger partial charge in [-0.2, -0.15) is 0 Å². The van der Waals surface area contributed by atoms with Crippen LogP contribution in [0.4, 0.5) is 0 Å². The average molecular weight is 309 g/mol. The minimum atomic E-state index is -0.186. The van der Waals surface area contributed by atoms with Crippen LogP contribution in [-0.2, 0) is 13.1 Å². The molecule has 0 saturated carbocycles. The molecule has 0 fully saturated rings. The Kier molecular flexibility index (Phi) is 4.61. The second kappa shape index (κ2) is 6.09. The van der Waals surface area contributed by atoms with Crippen molar-refractivity contribution in [2.75, 3.05) is 13.1 Å². The molecule has 2 N–H and O–H groups in total. The van der Waals surface area contributed by atoms with Crippen molar-refractivity contribution in [3.63, 3.8) is 0 Å². The van der Waals surface area contributed by atoms with E-state index in [0.29, 0.717) is 0 Å². The molecule has 0 aromatic carbocycles. The van der Waals surface area contributed by atoms with E-state index in [1.54, 1.807) is 6.20 Å². The number of hydrogen-bond donors (Lipinski definition) is 1. The second-order valence-electron chi connectivity index (χ2n) is 6.03. The van der Waals surface area contributed by atoms with Crippen LogP contribution in [0, 0.1) is 0 Å². The van der Waals surface area contributed by atoms with Crippen molar-refractivity contribution in [1.82, 2.24) is 24.6 Å². The topological polar surface area (TPSA) is 72.9 Å². The maximum absolute atomic E-state index is 6.09. The molecular formula is C14H21ClN6. The first-order valence-corrected chi connectivity index (χ1v) is 6.87. The largest absolute Gasteiger partial charge is 0.324 e. The molecular weight excluding hydrogens is 288 g/mol. The number of halogens is 1. The van der Waals surface area contributed by atoms with Crippen LogP contribution < -0.4 is 5.73 Å². The Bertz CT molecular complexity index is 589. The normalized spacial score (nSPS) is 15.4. The third kappa shape index (κ3) is 3.58. The predicted octanol–water partition coefficient (Wildman–Crippen LogP) is 1.31. The highest BCUT2D eigenvalue weighted by molar-refractivity contribution is 5.85. The molecule has 0 spiro atoms. The summed E-state index contributed by atoms with van der Waals surface area (Å²) >= 11 is 0. The van der Waals surface area contributed by atoms with Crippen LogP contribution in [0.5, 0.6) is 0 Å². The van der Waals surface area contributed by atoms with Gasteiger partial charge in [0.15, 0.2) is 5.82 Å². The molecule has 0 radical (unpaired) electrons. The molecule has 3 heterocycles. The van der Waals surface area contributed by atoms with Crippen LogP contribution in [0.25, 0.3) is 11.4 Å². The van der Waals surface area contributed by atoms with E-state index in [4.69, 9.17) is 5.73 Å². The van der Waals surface area contributed by atoms with E-state index in [0.717, 1.165) is 43.4 Å². The fraction of sp³-hybridized carbons (Fsp3) is 0.500. The van der Waals surface area contributed by atoms with E-state index in [9.17, 15) is 0 Å². The molecule has 114 valence electrons. The Labute approximate surface area is 130 Å². The van der Waals surface area contributed by atoms with Crippen molar-refractivity contribution < 1.29 is 0 Å². The Hall–Kier alpha value is -1.50. The van der Waals surface area contributed by atoms with Crippen LogP contribution in [-0.4, -0.2) is 43.3 Å². The van der Waals surface area contributed by atoms with E-state index in [-0.39, 0.29) is 17.9 Å². The van der Waals surface area contributed by atoms with E-state index >= 15 is 0 Å². The lowest BCUT2D eigenvalue weighted by atomic mass is 10.1. The summed E-state index contributed by atoms with van der Waals surface area (Å²) in [4.78, 5) is 6.48. The molecule has 21 heavy (non-hydrogen) atoms. The number of aromatic nitrogens is 4. The molecule has 3 rings (SSSR count). The lowest BCUT2D eigenvalue weighted by Crippen LogP contribution is -2.47. The minimum absolute atomic E-state index is 0. The van der Waals surface area contributed by atoms with Gasteiger partial charge in [0.1, 0.15) is 5.82 Å². The zero-order valence-corrected chi connectivity index (χ0v) is 13.2. The summed E-state index contributed by atoms with van der Waals surface area (Å²) in [5, 5.41) is 8.63.